The molecule has 0 aliphatic carbocycles. The van der Waals surface area contributed by atoms with Gasteiger partial charge in [0.1, 0.15) is 5.75 Å². The average molecular weight is 422 g/mol. The summed E-state index contributed by atoms with van der Waals surface area (Å²) in [6.45, 7) is 1.60. The van der Waals surface area contributed by atoms with Crippen LogP contribution in [0.3, 0.4) is 0 Å². The zero-order valence-electron chi connectivity index (χ0n) is 14.1. The third-order valence-electron chi connectivity index (χ3n) is 3.30. The van der Waals surface area contributed by atoms with Crippen LogP contribution in [-0.4, -0.2) is 24.6 Å². The highest BCUT2D eigenvalue weighted by atomic mass is 79.9. The Balaban J connectivity index is 2.11. The van der Waals surface area contributed by atoms with Crippen molar-refractivity contribution in [3.8, 4) is 17.2 Å². The van der Waals surface area contributed by atoms with Gasteiger partial charge in [-0.05, 0) is 52.2 Å². The maximum Gasteiger partial charge on any atom is 0.349 e. The quantitative estimate of drug-likeness (QED) is 0.290. The molecule has 2 aromatic rings. The summed E-state index contributed by atoms with van der Waals surface area (Å²) >= 11 is 3.28. The molecule has 0 aliphatic heterocycles. The van der Waals surface area contributed by atoms with E-state index in [1.54, 1.807) is 12.1 Å². The Morgan fingerprint density at radius 1 is 1.27 bits per heavy atom. The minimum Gasteiger partial charge on any atom is -0.493 e. The van der Waals surface area contributed by atoms with Crippen LogP contribution >= 0.6 is 15.9 Å². The first kappa shape index (κ1) is 19.5. The number of hydrogen-bond donors (Lipinski definition) is 0. The van der Waals surface area contributed by atoms with Gasteiger partial charge in [0.2, 0.25) is 6.20 Å². The Morgan fingerprint density at radius 2 is 2.00 bits per heavy atom. The molecule has 0 heterocycles. The minimum absolute atomic E-state index is 0.170. The van der Waals surface area contributed by atoms with Gasteiger partial charge in [-0.1, -0.05) is 18.2 Å². The lowest BCUT2D eigenvalue weighted by Crippen LogP contribution is -2.18. The summed E-state index contributed by atoms with van der Waals surface area (Å²) < 4.78 is 16.4. The van der Waals surface area contributed by atoms with Crippen LogP contribution in [0.4, 0.5) is 0 Å². The molecule has 0 bridgehead atoms. The fraction of sp³-hybridized carbons (Fsp3) is 0.167. The summed E-state index contributed by atoms with van der Waals surface area (Å²) in [5.41, 5.74) is 1.42. The summed E-state index contributed by atoms with van der Waals surface area (Å²) in [6.07, 6.45) is 2.11. The van der Waals surface area contributed by atoms with Gasteiger partial charge in [0, 0.05) is 6.08 Å². The molecule has 26 heavy (non-hydrogen) atoms. The van der Waals surface area contributed by atoms with Crippen LogP contribution in [0.15, 0.2) is 47.1 Å². The highest BCUT2D eigenvalue weighted by Crippen LogP contribution is 2.37. The van der Waals surface area contributed by atoms with Gasteiger partial charge in [0.05, 0.1) is 16.5 Å². The monoisotopic (exact) mass is 421 g/mol. The molecule has 0 fully saturated rings. The number of rotatable bonds is 7. The van der Waals surface area contributed by atoms with Gasteiger partial charge < -0.3 is 14.2 Å². The Bertz CT molecular complexity index is 850. The minimum atomic E-state index is -0.610. The number of nitro groups is 1. The lowest BCUT2D eigenvalue weighted by molar-refractivity contribution is -0.400. The number of nitrogens with zero attached hydrogens (tertiary/aromatic N) is 1. The summed E-state index contributed by atoms with van der Waals surface area (Å²) in [5, 5.41) is 10.4. The van der Waals surface area contributed by atoms with E-state index in [4.69, 9.17) is 14.2 Å². The fourth-order valence-electron chi connectivity index (χ4n) is 2.08. The van der Waals surface area contributed by atoms with Gasteiger partial charge >= 0.3 is 5.97 Å². The zero-order valence-corrected chi connectivity index (χ0v) is 15.7. The maximum absolute atomic E-state index is 12.1. The Labute approximate surface area is 158 Å². The molecule has 0 aromatic heterocycles. The van der Waals surface area contributed by atoms with Crippen molar-refractivity contribution in [2.24, 2.45) is 0 Å². The van der Waals surface area contributed by atoms with Gasteiger partial charge in [-0.25, -0.2) is 4.79 Å². The molecule has 0 saturated heterocycles. The molecule has 2 aromatic carbocycles. The molecule has 136 valence electrons. The number of para-hydroxylation sites is 1. The molecule has 0 unspecified atom stereocenters. The van der Waals surface area contributed by atoms with Crippen LogP contribution in [0, 0.1) is 17.0 Å². The van der Waals surface area contributed by atoms with Crippen LogP contribution < -0.4 is 14.2 Å². The first-order chi connectivity index (χ1) is 12.4. The Morgan fingerprint density at radius 3 is 2.65 bits per heavy atom. The number of halogens is 1. The number of hydrogen-bond acceptors (Lipinski definition) is 6. The molecule has 0 saturated carbocycles. The highest BCUT2D eigenvalue weighted by Gasteiger charge is 2.16. The summed E-state index contributed by atoms with van der Waals surface area (Å²) in [7, 11) is 1.41. The molecule has 0 aliphatic rings. The first-order valence-electron chi connectivity index (χ1n) is 7.49. The normalized spacial score (nSPS) is 10.6. The van der Waals surface area contributed by atoms with Crippen molar-refractivity contribution in [3.63, 3.8) is 0 Å². The second-order valence-corrected chi connectivity index (χ2v) is 6.02. The number of benzene rings is 2. The van der Waals surface area contributed by atoms with E-state index in [1.807, 2.05) is 25.1 Å². The van der Waals surface area contributed by atoms with E-state index in [0.717, 1.165) is 11.8 Å². The van der Waals surface area contributed by atoms with Gasteiger partial charge in [0.25, 0.3) is 0 Å². The van der Waals surface area contributed by atoms with Crippen LogP contribution in [0.5, 0.6) is 17.2 Å². The SMILES string of the molecule is COc1cc(C=C[N+](=O)[O-])cc(Br)c1OC(=O)COc1ccccc1C. The molecule has 0 atom stereocenters. The van der Waals surface area contributed by atoms with Crippen molar-refractivity contribution in [1.82, 2.24) is 0 Å². The zero-order chi connectivity index (χ0) is 19.1. The molecule has 0 radical (unpaired) electrons. The third-order valence-corrected chi connectivity index (χ3v) is 3.88. The van der Waals surface area contributed by atoms with Gasteiger partial charge in [-0.15, -0.1) is 0 Å². The number of esters is 1. The molecule has 7 nitrogen and oxygen atoms in total. The van der Waals surface area contributed by atoms with Crippen LogP contribution in [0.2, 0.25) is 0 Å². The smallest absolute Gasteiger partial charge is 0.349 e. The van der Waals surface area contributed by atoms with Gasteiger partial charge in [-0.3, -0.25) is 10.1 Å². The summed E-state index contributed by atoms with van der Waals surface area (Å²) in [6, 6.07) is 10.4. The predicted molar refractivity (Wildman–Crippen MR) is 99.0 cm³/mol. The lowest BCUT2D eigenvalue weighted by atomic mass is 10.2. The molecule has 0 N–H and O–H groups in total. The highest BCUT2D eigenvalue weighted by molar-refractivity contribution is 9.10. The van der Waals surface area contributed by atoms with Crippen molar-refractivity contribution >= 4 is 28.0 Å². The van der Waals surface area contributed by atoms with Crippen molar-refractivity contribution in [2.75, 3.05) is 13.7 Å². The van der Waals surface area contributed by atoms with Crippen LogP contribution in [0.1, 0.15) is 11.1 Å². The fourth-order valence-corrected chi connectivity index (χ4v) is 2.62. The maximum atomic E-state index is 12.1. The summed E-state index contributed by atoms with van der Waals surface area (Å²) in [5.74, 6) is 0.410. The Hall–Kier alpha value is -2.87. The van der Waals surface area contributed by atoms with E-state index < -0.39 is 10.9 Å². The Kier molecular flexibility index (Phi) is 6.74. The number of carbonyl (C=O) groups excluding carboxylic acids is 1. The molecule has 0 spiro atoms. The van der Waals surface area contributed by atoms with Gasteiger partial charge in [-0.2, -0.15) is 0 Å². The van der Waals surface area contributed by atoms with E-state index in [-0.39, 0.29) is 18.1 Å². The standard InChI is InChI=1S/C18H16BrNO6/c1-12-5-3-4-6-15(12)25-11-17(21)26-18-14(19)9-13(7-8-20(22)23)10-16(18)24-2/h3-10H,11H2,1-2H3. The number of ether oxygens (including phenoxy) is 3. The van der Waals surface area contributed by atoms with Crippen LogP contribution in [0.25, 0.3) is 6.08 Å². The van der Waals surface area contributed by atoms with Crippen molar-refractivity contribution in [1.29, 1.82) is 0 Å². The first-order valence-corrected chi connectivity index (χ1v) is 8.28. The van der Waals surface area contributed by atoms with E-state index in [1.165, 1.54) is 19.3 Å². The second-order valence-electron chi connectivity index (χ2n) is 5.16. The van der Waals surface area contributed by atoms with E-state index in [0.29, 0.717) is 15.8 Å². The third kappa shape index (κ3) is 5.32. The number of carbonyl (C=O) groups is 1. The average Bonchev–Trinajstić information content (AvgIpc) is 2.61. The molecular formula is C18H16BrNO6. The van der Waals surface area contributed by atoms with E-state index in [2.05, 4.69) is 15.9 Å². The van der Waals surface area contributed by atoms with Crippen molar-refractivity contribution < 1.29 is 23.9 Å². The number of aryl methyl sites for hydroxylation is 1. The molecular weight excluding hydrogens is 406 g/mol. The van der Waals surface area contributed by atoms with Crippen LogP contribution in [-0.2, 0) is 4.79 Å². The summed E-state index contributed by atoms with van der Waals surface area (Å²) in [4.78, 5) is 21.9. The predicted octanol–water partition coefficient (Wildman–Crippen LogP) is 4.00. The van der Waals surface area contributed by atoms with Crippen molar-refractivity contribution in [2.45, 2.75) is 6.92 Å². The van der Waals surface area contributed by atoms with E-state index >= 15 is 0 Å². The number of methoxy groups -OCH3 is 1. The molecule has 0 amide bonds. The van der Waals surface area contributed by atoms with Crippen molar-refractivity contribution in [3.05, 3.63) is 68.3 Å². The van der Waals surface area contributed by atoms with Gasteiger partial charge in [0.15, 0.2) is 18.1 Å². The van der Waals surface area contributed by atoms with E-state index in [9.17, 15) is 14.9 Å². The molecule has 2 rings (SSSR count). The topological polar surface area (TPSA) is 87.9 Å². The molecule has 8 heteroatoms. The second kappa shape index (κ2) is 9.00. The lowest BCUT2D eigenvalue weighted by Gasteiger charge is -2.13. The largest absolute Gasteiger partial charge is 0.493 e.